The van der Waals surface area contributed by atoms with E-state index < -0.39 is 0 Å². The normalized spacial score (nSPS) is 24.4. The molecule has 3 heteroatoms. The van der Waals surface area contributed by atoms with E-state index in [0.29, 0.717) is 12.6 Å². The Morgan fingerprint density at radius 3 is 2.90 bits per heavy atom. The maximum Gasteiger partial charge on any atom is 0.119 e. The summed E-state index contributed by atoms with van der Waals surface area (Å²) < 4.78 is 11.6. The Bertz CT molecular complexity index is 408. The summed E-state index contributed by atoms with van der Waals surface area (Å²) in [4.78, 5) is 0. The maximum absolute atomic E-state index is 6.28. The molecule has 1 aliphatic rings. The molecule has 1 fully saturated rings. The molecule has 1 saturated carbocycles. The summed E-state index contributed by atoms with van der Waals surface area (Å²) in [6, 6.07) is 8.04. The quantitative estimate of drug-likeness (QED) is 0.862. The van der Waals surface area contributed by atoms with Gasteiger partial charge in [0.05, 0.1) is 19.3 Å². The van der Waals surface area contributed by atoms with E-state index in [1.807, 2.05) is 18.2 Å². The summed E-state index contributed by atoms with van der Waals surface area (Å²) in [6.45, 7) is 2.79. The molecule has 0 spiro atoms. The van der Waals surface area contributed by atoms with Crippen molar-refractivity contribution in [3.63, 3.8) is 0 Å². The molecule has 20 heavy (non-hydrogen) atoms. The van der Waals surface area contributed by atoms with Gasteiger partial charge in [-0.3, -0.25) is 0 Å². The highest BCUT2D eigenvalue weighted by molar-refractivity contribution is 5.30. The largest absolute Gasteiger partial charge is 0.497 e. The van der Waals surface area contributed by atoms with Gasteiger partial charge in [0.2, 0.25) is 0 Å². The molecule has 0 bridgehead atoms. The van der Waals surface area contributed by atoms with Crippen LogP contribution in [0.25, 0.3) is 0 Å². The third-order valence-corrected chi connectivity index (χ3v) is 4.35. The van der Waals surface area contributed by atoms with E-state index in [0.717, 1.165) is 23.7 Å². The van der Waals surface area contributed by atoms with Gasteiger partial charge in [0, 0.05) is 6.54 Å². The van der Waals surface area contributed by atoms with Crippen molar-refractivity contribution < 1.29 is 9.47 Å². The summed E-state index contributed by atoms with van der Waals surface area (Å²) >= 11 is 0. The first-order valence-electron chi connectivity index (χ1n) is 7.76. The minimum absolute atomic E-state index is 0.0225. The summed E-state index contributed by atoms with van der Waals surface area (Å²) in [5, 5.41) is 0. The van der Waals surface area contributed by atoms with Crippen molar-refractivity contribution in [3.8, 4) is 5.75 Å². The van der Waals surface area contributed by atoms with Crippen LogP contribution in [-0.4, -0.2) is 19.8 Å². The fraction of sp³-hybridized carbons (Fsp3) is 0.647. The molecule has 2 N–H and O–H groups in total. The van der Waals surface area contributed by atoms with Crippen LogP contribution in [0.15, 0.2) is 24.3 Å². The SMILES string of the molecule is CCC1CCCC(OC(CN)c2cccc(OC)c2)C1. The van der Waals surface area contributed by atoms with E-state index in [1.54, 1.807) is 7.11 Å². The lowest BCUT2D eigenvalue weighted by Crippen LogP contribution is -2.27. The summed E-state index contributed by atoms with van der Waals surface area (Å²) in [5.41, 5.74) is 7.03. The summed E-state index contributed by atoms with van der Waals surface area (Å²) in [6.07, 6.45) is 6.56. The van der Waals surface area contributed by atoms with E-state index in [1.165, 1.54) is 25.7 Å². The van der Waals surface area contributed by atoms with Gasteiger partial charge in [-0.25, -0.2) is 0 Å². The number of benzene rings is 1. The minimum atomic E-state index is -0.0225. The molecular formula is C17H27NO2. The average Bonchev–Trinajstić information content (AvgIpc) is 2.52. The number of methoxy groups -OCH3 is 1. The van der Waals surface area contributed by atoms with Gasteiger partial charge in [-0.2, -0.15) is 0 Å². The fourth-order valence-corrected chi connectivity index (χ4v) is 3.08. The van der Waals surface area contributed by atoms with Gasteiger partial charge in [0.15, 0.2) is 0 Å². The van der Waals surface area contributed by atoms with Crippen molar-refractivity contribution in [3.05, 3.63) is 29.8 Å². The van der Waals surface area contributed by atoms with Gasteiger partial charge in [-0.1, -0.05) is 38.3 Å². The van der Waals surface area contributed by atoms with Crippen LogP contribution in [0.3, 0.4) is 0 Å². The molecule has 1 aliphatic carbocycles. The van der Waals surface area contributed by atoms with Crippen LogP contribution in [0.2, 0.25) is 0 Å². The topological polar surface area (TPSA) is 44.5 Å². The van der Waals surface area contributed by atoms with Crippen molar-refractivity contribution in [2.75, 3.05) is 13.7 Å². The number of rotatable bonds is 6. The van der Waals surface area contributed by atoms with Gasteiger partial charge >= 0.3 is 0 Å². The van der Waals surface area contributed by atoms with Gasteiger partial charge < -0.3 is 15.2 Å². The molecule has 3 atom stereocenters. The summed E-state index contributed by atoms with van der Waals surface area (Å²) in [5.74, 6) is 1.68. The smallest absolute Gasteiger partial charge is 0.119 e. The van der Waals surface area contributed by atoms with Crippen LogP contribution >= 0.6 is 0 Å². The highest BCUT2D eigenvalue weighted by atomic mass is 16.5. The van der Waals surface area contributed by atoms with E-state index >= 15 is 0 Å². The standard InChI is InChI=1S/C17H27NO2/c1-3-13-6-4-9-16(10-13)20-17(12-18)14-7-5-8-15(11-14)19-2/h5,7-8,11,13,16-17H,3-4,6,9-10,12,18H2,1-2H3. The predicted octanol–water partition coefficient (Wildman–Crippen LogP) is 3.68. The Kier molecular flexibility index (Phi) is 5.86. The van der Waals surface area contributed by atoms with Gasteiger partial charge in [0.1, 0.15) is 5.75 Å². The maximum atomic E-state index is 6.28. The first kappa shape index (κ1) is 15.3. The lowest BCUT2D eigenvalue weighted by Gasteiger charge is -2.31. The van der Waals surface area contributed by atoms with Crippen molar-refractivity contribution in [1.82, 2.24) is 0 Å². The van der Waals surface area contributed by atoms with Crippen LogP contribution < -0.4 is 10.5 Å². The first-order chi connectivity index (χ1) is 9.76. The van der Waals surface area contributed by atoms with E-state index in [4.69, 9.17) is 15.2 Å². The lowest BCUT2D eigenvalue weighted by molar-refractivity contribution is -0.0382. The Labute approximate surface area is 122 Å². The monoisotopic (exact) mass is 277 g/mol. The second-order valence-electron chi connectivity index (χ2n) is 5.70. The Morgan fingerprint density at radius 2 is 2.20 bits per heavy atom. The first-order valence-corrected chi connectivity index (χ1v) is 7.76. The van der Waals surface area contributed by atoms with Gasteiger partial charge in [0.25, 0.3) is 0 Å². The van der Waals surface area contributed by atoms with Crippen molar-refractivity contribution >= 4 is 0 Å². The predicted molar refractivity (Wildman–Crippen MR) is 81.9 cm³/mol. The zero-order chi connectivity index (χ0) is 14.4. The zero-order valence-electron chi connectivity index (χ0n) is 12.7. The second-order valence-corrected chi connectivity index (χ2v) is 5.70. The molecule has 0 saturated heterocycles. The van der Waals surface area contributed by atoms with E-state index in [9.17, 15) is 0 Å². The third-order valence-electron chi connectivity index (χ3n) is 4.35. The molecule has 112 valence electrons. The van der Waals surface area contributed by atoms with Gasteiger partial charge in [-0.05, 0) is 36.5 Å². The second kappa shape index (κ2) is 7.65. The van der Waals surface area contributed by atoms with Crippen LogP contribution in [0.5, 0.6) is 5.75 Å². The highest BCUT2D eigenvalue weighted by Crippen LogP contribution is 2.32. The zero-order valence-corrected chi connectivity index (χ0v) is 12.7. The van der Waals surface area contributed by atoms with Crippen LogP contribution in [0, 0.1) is 5.92 Å². The Hall–Kier alpha value is -1.06. The lowest BCUT2D eigenvalue weighted by atomic mass is 9.85. The Balaban J connectivity index is 2.00. The summed E-state index contributed by atoms with van der Waals surface area (Å²) in [7, 11) is 1.68. The molecule has 1 aromatic carbocycles. The molecular weight excluding hydrogens is 250 g/mol. The van der Waals surface area contributed by atoms with Crippen molar-refractivity contribution in [2.24, 2.45) is 11.7 Å². The van der Waals surface area contributed by atoms with Crippen molar-refractivity contribution in [1.29, 1.82) is 0 Å². The van der Waals surface area contributed by atoms with Crippen LogP contribution in [-0.2, 0) is 4.74 Å². The molecule has 3 unspecified atom stereocenters. The fourth-order valence-electron chi connectivity index (χ4n) is 3.08. The molecule has 3 nitrogen and oxygen atoms in total. The molecule has 0 heterocycles. The number of hydrogen-bond donors (Lipinski definition) is 1. The Morgan fingerprint density at radius 1 is 1.35 bits per heavy atom. The molecule has 0 radical (unpaired) electrons. The number of nitrogens with two attached hydrogens (primary N) is 1. The van der Waals surface area contributed by atoms with Gasteiger partial charge in [-0.15, -0.1) is 0 Å². The van der Waals surface area contributed by atoms with E-state index in [2.05, 4.69) is 13.0 Å². The van der Waals surface area contributed by atoms with Crippen LogP contribution in [0.4, 0.5) is 0 Å². The van der Waals surface area contributed by atoms with Crippen LogP contribution in [0.1, 0.15) is 50.7 Å². The molecule has 0 aliphatic heterocycles. The molecule has 1 aromatic rings. The molecule has 2 rings (SSSR count). The number of hydrogen-bond acceptors (Lipinski definition) is 3. The highest BCUT2D eigenvalue weighted by Gasteiger charge is 2.24. The minimum Gasteiger partial charge on any atom is -0.497 e. The third kappa shape index (κ3) is 3.97. The number of ether oxygens (including phenoxy) is 2. The van der Waals surface area contributed by atoms with Crippen molar-refractivity contribution in [2.45, 2.75) is 51.2 Å². The van der Waals surface area contributed by atoms with E-state index in [-0.39, 0.29) is 6.10 Å². The molecule has 0 amide bonds. The molecule has 0 aromatic heterocycles. The average molecular weight is 277 g/mol.